The smallest absolute Gasteiger partial charge is 0.261 e. The van der Waals surface area contributed by atoms with Gasteiger partial charge in [-0.05, 0) is 81.6 Å². The van der Waals surface area contributed by atoms with Gasteiger partial charge in [-0.15, -0.1) is 0 Å². The van der Waals surface area contributed by atoms with Gasteiger partial charge >= 0.3 is 0 Å². The average molecular weight is 647 g/mol. The van der Waals surface area contributed by atoms with Gasteiger partial charge in [0, 0.05) is 46.1 Å². The maximum atomic E-state index is 13.8. The van der Waals surface area contributed by atoms with Crippen LogP contribution in [-0.4, -0.2) is 52.3 Å². The lowest BCUT2D eigenvalue weighted by Crippen LogP contribution is -2.41. The van der Waals surface area contributed by atoms with E-state index in [9.17, 15) is 19.2 Å². The van der Waals surface area contributed by atoms with E-state index in [-0.39, 0.29) is 23.6 Å². The number of hydrogen-bond acceptors (Lipinski definition) is 5. The van der Waals surface area contributed by atoms with Gasteiger partial charge in [0.2, 0.25) is 0 Å². The Labute approximate surface area is 281 Å². The summed E-state index contributed by atoms with van der Waals surface area (Å²) >= 11 is 4.27. The fourth-order valence-electron chi connectivity index (χ4n) is 7.91. The molecule has 2 heterocycles. The number of thiol groups is 1. The van der Waals surface area contributed by atoms with Gasteiger partial charge in [-0.3, -0.25) is 29.0 Å². The summed E-state index contributed by atoms with van der Waals surface area (Å²) in [5, 5.41) is 6.81. The predicted molar refractivity (Wildman–Crippen MR) is 193 cm³/mol. The Bertz CT molecular complexity index is 1930. The van der Waals surface area contributed by atoms with E-state index in [0.717, 1.165) is 58.0 Å². The first-order valence-corrected chi connectivity index (χ1v) is 18.1. The molecule has 0 aromatic heterocycles. The lowest BCUT2D eigenvalue weighted by Gasteiger charge is -2.30. The van der Waals surface area contributed by atoms with Gasteiger partial charge in [0.15, 0.2) is 0 Å². The van der Waals surface area contributed by atoms with Crippen LogP contribution >= 0.6 is 12.6 Å². The third-order valence-electron chi connectivity index (χ3n) is 10.3. The van der Waals surface area contributed by atoms with Crippen LogP contribution in [0, 0.1) is 0 Å². The summed E-state index contributed by atoms with van der Waals surface area (Å²) in [6.45, 7) is 3.04. The van der Waals surface area contributed by atoms with Gasteiger partial charge < -0.3 is 0 Å². The van der Waals surface area contributed by atoms with Crippen LogP contribution in [0.25, 0.3) is 43.1 Å². The molecule has 0 bridgehead atoms. The summed E-state index contributed by atoms with van der Waals surface area (Å²) in [5.74, 6) is -0.280. The molecule has 0 saturated carbocycles. The number of imide groups is 2. The second-order valence-corrected chi connectivity index (χ2v) is 13.7. The summed E-state index contributed by atoms with van der Waals surface area (Å²) < 4.78 is 0. The Kier molecular flexibility index (Phi) is 8.93. The molecule has 2 aliphatic rings. The maximum absolute atomic E-state index is 13.8. The fraction of sp³-hybridized carbons (Fsp3) is 0.400. The van der Waals surface area contributed by atoms with Gasteiger partial charge in [0.25, 0.3) is 23.6 Å². The minimum absolute atomic E-state index is 0.229. The quantitative estimate of drug-likeness (QED) is 0.0404. The molecule has 0 radical (unpaired) electrons. The molecular formula is C40H42N2O4S. The van der Waals surface area contributed by atoms with Crippen molar-refractivity contribution in [2.75, 3.05) is 18.8 Å². The maximum Gasteiger partial charge on any atom is 0.261 e. The van der Waals surface area contributed by atoms with Crippen LogP contribution in [-0.2, 0) is 0 Å². The third kappa shape index (κ3) is 5.27. The first kappa shape index (κ1) is 31.6. The molecule has 7 rings (SSSR count). The number of amides is 4. The van der Waals surface area contributed by atoms with Crippen LogP contribution in [0.5, 0.6) is 0 Å². The van der Waals surface area contributed by atoms with Crippen LogP contribution in [0.15, 0.2) is 48.5 Å². The van der Waals surface area contributed by atoms with E-state index in [1.807, 2.05) is 48.5 Å². The standard InChI is InChI=1S/C40H42N2O4S/c1-2-3-4-5-6-7-8-9-10-11-22-41-37(43)29-18-14-25-27-16-20-31-36-32(40(46)42(39(31)45)23-12-13-24-47)21-17-28(34(27)36)26-15-19-30(38(41)44)35(29)33(25)26/h14-21,47H,2-13,22-24H2,1H3. The fourth-order valence-corrected chi connectivity index (χ4v) is 8.14. The van der Waals surface area contributed by atoms with Gasteiger partial charge in [0.05, 0.1) is 0 Å². The molecule has 2 aliphatic heterocycles. The van der Waals surface area contributed by atoms with Crippen molar-refractivity contribution in [3.8, 4) is 0 Å². The lowest BCUT2D eigenvalue weighted by molar-refractivity contribution is 0.0592. The number of fused-ring (bicyclic) bond motifs is 2. The summed E-state index contributed by atoms with van der Waals surface area (Å²) in [6.07, 6.45) is 13.5. The molecule has 0 aliphatic carbocycles. The van der Waals surface area contributed by atoms with Crippen molar-refractivity contribution in [3.63, 3.8) is 0 Å². The molecule has 0 N–H and O–H groups in total. The highest BCUT2D eigenvalue weighted by molar-refractivity contribution is 7.80. The van der Waals surface area contributed by atoms with E-state index in [2.05, 4.69) is 19.6 Å². The van der Waals surface area contributed by atoms with Crippen molar-refractivity contribution in [3.05, 3.63) is 70.8 Å². The van der Waals surface area contributed by atoms with E-state index in [4.69, 9.17) is 0 Å². The molecule has 5 aromatic rings. The topological polar surface area (TPSA) is 74.8 Å². The lowest BCUT2D eigenvalue weighted by atomic mass is 9.82. The summed E-state index contributed by atoms with van der Waals surface area (Å²) in [7, 11) is 0. The van der Waals surface area contributed by atoms with Crippen molar-refractivity contribution >= 4 is 79.3 Å². The molecule has 242 valence electrons. The highest BCUT2D eigenvalue weighted by Gasteiger charge is 2.36. The number of hydrogen-bond donors (Lipinski definition) is 1. The number of nitrogens with zero attached hydrogens (tertiary/aromatic N) is 2. The Hall–Kier alpha value is -3.97. The van der Waals surface area contributed by atoms with Crippen molar-refractivity contribution in [2.45, 2.75) is 84.0 Å². The van der Waals surface area contributed by atoms with Crippen LogP contribution < -0.4 is 0 Å². The van der Waals surface area contributed by atoms with E-state index < -0.39 is 0 Å². The zero-order chi connectivity index (χ0) is 32.7. The highest BCUT2D eigenvalue weighted by atomic mass is 32.1. The molecule has 7 heteroatoms. The normalized spacial score (nSPS) is 14.7. The SMILES string of the molecule is CCCCCCCCCCCCN1C(=O)c2ccc3c4ccc5c6c(ccc(c7ccc(c2c37)C1=O)c64)C(=O)N(CCCCS)C5=O. The molecule has 0 saturated heterocycles. The third-order valence-corrected chi connectivity index (χ3v) is 10.6. The number of benzene rings is 5. The predicted octanol–water partition coefficient (Wildman–Crippen LogP) is 9.56. The van der Waals surface area contributed by atoms with Crippen molar-refractivity contribution in [2.24, 2.45) is 0 Å². The van der Waals surface area contributed by atoms with Gasteiger partial charge in [-0.25, -0.2) is 0 Å². The molecular weight excluding hydrogens is 605 g/mol. The van der Waals surface area contributed by atoms with Crippen molar-refractivity contribution in [1.29, 1.82) is 0 Å². The molecule has 47 heavy (non-hydrogen) atoms. The Morgan fingerprint density at radius 1 is 0.426 bits per heavy atom. The number of rotatable bonds is 15. The minimum Gasteiger partial charge on any atom is -0.274 e. The Morgan fingerprint density at radius 2 is 0.745 bits per heavy atom. The number of carbonyl (C=O) groups is 4. The van der Waals surface area contributed by atoms with Crippen LogP contribution in [0.3, 0.4) is 0 Å². The van der Waals surface area contributed by atoms with E-state index in [1.54, 1.807) is 0 Å². The van der Waals surface area contributed by atoms with Crippen LogP contribution in [0.4, 0.5) is 0 Å². The molecule has 0 spiro atoms. The molecule has 0 unspecified atom stereocenters. The zero-order valence-electron chi connectivity index (χ0n) is 27.2. The molecule has 0 fully saturated rings. The van der Waals surface area contributed by atoms with Gasteiger partial charge in [0.1, 0.15) is 0 Å². The molecule has 4 amide bonds. The van der Waals surface area contributed by atoms with Crippen LogP contribution in [0.1, 0.15) is 125 Å². The summed E-state index contributed by atoms with van der Waals surface area (Å²) in [6, 6.07) is 15.2. The average Bonchev–Trinajstić information content (AvgIpc) is 3.09. The van der Waals surface area contributed by atoms with Crippen LogP contribution in [0.2, 0.25) is 0 Å². The number of carbonyl (C=O) groups excluding carboxylic acids is 4. The van der Waals surface area contributed by atoms with Gasteiger partial charge in [-0.2, -0.15) is 12.6 Å². The summed E-state index contributed by atoms with van der Waals surface area (Å²) in [5.41, 5.74) is 2.19. The highest BCUT2D eigenvalue weighted by Crippen LogP contribution is 2.46. The zero-order valence-corrected chi connectivity index (χ0v) is 28.1. The van der Waals surface area contributed by atoms with Crippen molar-refractivity contribution < 1.29 is 19.2 Å². The van der Waals surface area contributed by atoms with E-state index >= 15 is 0 Å². The monoisotopic (exact) mass is 646 g/mol. The molecule has 0 atom stereocenters. The second-order valence-electron chi connectivity index (χ2n) is 13.3. The molecule has 5 aromatic carbocycles. The summed E-state index contributed by atoms with van der Waals surface area (Å²) in [4.78, 5) is 57.7. The second kappa shape index (κ2) is 13.3. The number of unbranched alkanes of at least 4 members (excludes halogenated alkanes) is 10. The van der Waals surface area contributed by atoms with E-state index in [0.29, 0.717) is 58.3 Å². The first-order valence-electron chi connectivity index (χ1n) is 17.5. The van der Waals surface area contributed by atoms with Crippen molar-refractivity contribution in [1.82, 2.24) is 9.80 Å². The van der Waals surface area contributed by atoms with Gasteiger partial charge in [-0.1, -0.05) is 89.0 Å². The Morgan fingerprint density at radius 3 is 1.09 bits per heavy atom. The molecule has 6 nitrogen and oxygen atoms in total. The largest absolute Gasteiger partial charge is 0.274 e. The first-order chi connectivity index (χ1) is 23.0. The minimum atomic E-state index is -0.264. The van der Waals surface area contributed by atoms with E-state index in [1.165, 1.54) is 54.7 Å². The Balaban J connectivity index is 1.20.